The van der Waals surface area contributed by atoms with Crippen LogP contribution < -0.4 is 9.64 Å². The van der Waals surface area contributed by atoms with Crippen molar-refractivity contribution < 1.29 is 19.1 Å². The molecule has 1 saturated heterocycles. The number of nitrogens with zero attached hydrogens (tertiary/aromatic N) is 4. The van der Waals surface area contributed by atoms with Gasteiger partial charge in [-0.25, -0.2) is 14.8 Å². The minimum Gasteiger partial charge on any atom is -0.482 e. The van der Waals surface area contributed by atoms with Crippen molar-refractivity contribution in [1.82, 2.24) is 14.9 Å². The summed E-state index contributed by atoms with van der Waals surface area (Å²) in [4.78, 5) is 36.7. The van der Waals surface area contributed by atoms with Gasteiger partial charge < -0.3 is 19.3 Å². The van der Waals surface area contributed by atoms with Gasteiger partial charge in [0.1, 0.15) is 5.75 Å². The van der Waals surface area contributed by atoms with Crippen LogP contribution in [-0.4, -0.2) is 65.6 Å². The standard InChI is InChI=1S/C20H24N4O4/c1-15-5-3-6-17(13-15)27-14-18(25)28-16(2)19(26)23-9-11-24(12-10-23)20-21-7-4-8-22-20/h3-8,13,16H,9-12,14H2,1-2H3. The number of hydrogen-bond acceptors (Lipinski definition) is 7. The third-order valence-corrected chi connectivity index (χ3v) is 4.43. The summed E-state index contributed by atoms with van der Waals surface area (Å²) in [5.41, 5.74) is 1.04. The number of ether oxygens (including phenoxy) is 2. The summed E-state index contributed by atoms with van der Waals surface area (Å²) in [6.07, 6.45) is 2.54. The van der Waals surface area contributed by atoms with Crippen molar-refractivity contribution in [2.75, 3.05) is 37.7 Å². The summed E-state index contributed by atoms with van der Waals surface area (Å²) in [5.74, 6) is 0.466. The maximum Gasteiger partial charge on any atom is 0.344 e. The molecule has 0 spiro atoms. The fourth-order valence-electron chi connectivity index (χ4n) is 2.97. The number of esters is 1. The number of benzene rings is 1. The Bertz CT molecular complexity index is 807. The SMILES string of the molecule is Cc1cccc(OCC(=O)OC(C)C(=O)N2CCN(c3ncccn3)CC2)c1. The molecular weight excluding hydrogens is 360 g/mol. The van der Waals surface area contributed by atoms with Gasteiger partial charge in [0.25, 0.3) is 5.91 Å². The van der Waals surface area contributed by atoms with Crippen molar-refractivity contribution in [3.63, 3.8) is 0 Å². The zero-order valence-electron chi connectivity index (χ0n) is 16.1. The minimum absolute atomic E-state index is 0.211. The molecule has 1 aliphatic rings. The molecule has 8 nitrogen and oxygen atoms in total. The predicted octanol–water partition coefficient (Wildman–Crippen LogP) is 1.44. The van der Waals surface area contributed by atoms with Crippen LogP contribution >= 0.6 is 0 Å². The molecule has 0 radical (unpaired) electrons. The van der Waals surface area contributed by atoms with Crippen molar-refractivity contribution in [3.8, 4) is 5.75 Å². The number of piperazine rings is 1. The minimum atomic E-state index is -0.854. The number of carbonyl (C=O) groups excluding carboxylic acids is 2. The predicted molar refractivity (Wildman–Crippen MR) is 103 cm³/mol. The molecule has 148 valence electrons. The van der Waals surface area contributed by atoms with Gasteiger partial charge in [0.15, 0.2) is 12.7 Å². The molecule has 28 heavy (non-hydrogen) atoms. The van der Waals surface area contributed by atoms with E-state index in [0.29, 0.717) is 37.9 Å². The van der Waals surface area contributed by atoms with Gasteiger partial charge in [-0.05, 0) is 37.6 Å². The van der Waals surface area contributed by atoms with E-state index >= 15 is 0 Å². The quantitative estimate of drug-likeness (QED) is 0.697. The second-order valence-corrected chi connectivity index (χ2v) is 6.60. The van der Waals surface area contributed by atoms with E-state index in [9.17, 15) is 9.59 Å². The number of aromatic nitrogens is 2. The molecule has 1 aromatic heterocycles. The Hall–Kier alpha value is -3.16. The monoisotopic (exact) mass is 384 g/mol. The van der Waals surface area contributed by atoms with E-state index in [2.05, 4.69) is 9.97 Å². The highest BCUT2D eigenvalue weighted by molar-refractivity contribution is 5.84. The van der Waals surface area contributed by atoms with Crippen LogP contribution in [0, 0.1) is 6.92 Å². The molecule has 1 atom stereocenters. The van der Waals surface area contributed by atoms with Crippen molar-refractivity contribution in [2.24, 2.45) is 0 Å². The summed E-state index contributed by atoms with van der Waals surface area (Å²) >= 11 is 0. The molecule has 0 saturated carbocycles. The lowest BCUT2D eigenvalue weighted by Gasteiger charge is -2.35. The number of hydrogen-bond donors (Lipinski definition) is 0. The Morgan fingerprint density at radius 2 is 1.82 bits per heavy atom. The largest absolute Gasteiger partial charge is 0.482 e. The van der Waals surface area contributed by atoms with E-state index in [4.69, 9.17) is 9.47 Å². The molecule has 1 amide bonds. The van der Waals surface area contributed by atoms with Gasteiger partial charge in [0.05, 0.1) is 0 Å². The summed E-state index contributed by atoms with van der Waals surface area (Å²) in [6, 6.07) is 9.16. The van der Waals surface area contributed by atoms with Crippen LogP contribution in [-0.2, 0) is 14.3 Å². The highest BCUT2D eigenvalue weighted by Crippen LogP contribution is 2.13. The molecule has 2 heterocycles. The average Bonchev–Trinajstić information content (AvgIpc) is 2.72. The fourth-order valence-corrected chi connectivity index (χ4v) is 2.97. The Labute approximate surface area is 164 Å². The maximum absolute atomic E-state index is 12.6. The molecule has 8 heteroatoms. The van der Waals surface area contributed by atoms with Gasteiger partial charge in [-0.2, -0.15) is 0 Å². The van der Waals surface area contributed by atoms with Crippen LogP contribution in [0.3, 0.4) is 0 Å². The first-order valence-electron chi connectivity index (χ1n) is 9.22. The smallest absolute Gasteiger partial charge is 0.344 e. The van der Waals surface area contributed by atoms with Crippen molar-refractivity contribution >= 4 is 17.8 Å². The number of aryl methyl sites for hydroxylation is 1. The zero-order valence-corrected chi connectivity index (χ0v) is 16.1. The Kier molecular flexibility index (Phi) is 6.41. The van der Waals surface area contributed by atoms with Crippen molar-refractivity contribution in [3.05, 3.63) is 48.3 Å². The fraction of sp³-hybridized carbons (Fsp3) is 0.400. The third-order valence-electron chi connectivity index (χ3n) is 4.43. The van der Waals surface area contributed by atoms with E-state index < -0.39 is 12.1 Å². The molecule has 3 rings (SSSR count). The maximum atomic E-state index is 12.6. The topological polar surface area (TPSA) is 84.9 Å². The molecule has 1 aliphatic heterocycles. The summed E-state index contributed by atoms with van der Waals surface area (Å²) in [6.45, 7) is 5.60. The Balaban J connectivity index is 1.43. The van der Waals surface area contributed by atoms with Crippen LogP contribution in [0.25, 0.3) is 0 Å². The molecule has 0 bridgehead atoms. The molecule has 1 unspecified atom stereocenters. The summed E-state index contributed by atoms with van der Waals surface area (Å²) < 4.78 is 10.7. The lowest BCUT2D eigenvalue weighted by atomic mass is 10.2. The van der Waals surface area contributed by atoms with Crippen LogP contribution in [0.2, 0.25) is 0 Å². The summed E-state index contributed by atoms with van der Waals surface area (Å²) in [5, 5.41) is 0. The lowest BCUT2D eigenvalue weighted by Crippen LogP contribution is -2.52. The van der Waals surface area contributed by atoms with Crippen LogP contribution in [0.4, 0.5) is 5.95 Å². The van der Waals surface area contributed by atoms with Crippen LogP contribution in [0.5, 0.6) is 5.75 Å². The van der Waals surface area contributed by atoms with Gasteiger partial charge >= 0.3 is 5.97 Å². The Morgan fingerprint density at radius 3 is 2.50 bits per heavy atom. The summed E-state index contributed by atoms with van der Waals surface area (Å²) in [7, 11) is 0. The lowest BCUT2D eigenvalue weighted by molar-refractivity contribution is -0.160. The van der Waals surface area contributed by atoms with Gasteiger partial charge in [0, 0.05) is 38.6 Å². The second kappa shape index (κ2) is 9.16. The number of amides is 1. The van der Waals surface area contributed by atoms with Crippen LogP contribution in [0.15, 0.2) is 42.7 Å². The highest BCUT2D eigenvalue weighted by Gasteiger charge is 2.28. The van der Waals surface area contributed by atoms with Gasteiger partial charge in [-0.1, -0.05) is 12.1 Å². The normalized spacial score (nSPS) is 15.1. The molecule has 1 aromatic carbocycles. The van der Waals surface area contributed by atoms with Gasteiger partial charge in [-0.3, -0.25) is 4.79 Å². The zero-order chi connectivity index (χ0) is 19.9. The first-order chi connectivity index (χ1) is 13.5. The van der Waals surface area contributed by atoms with Crippen LogP contribution in [0.1, 0.15) is 12.5 Å². The first-order valence-corrected chi connectivity index (χ1v) is 9.22. The molecular formula is C20H24N4O4. The van der Waals surface area contributed by atoms with Gasteiger partial charge in [0.2, 0.25) is 5.95 Å². The Morgan fingerprint density at radius 1 is 1.11 bits per heavy atom. The van der Waals surface area contributed by atoms with E-state index in [1.807, 2.05) is 30.0 Å². The van der Waals surface area contributed by atoms with E-state index in [-0.39, 0.29) is 12.5 Å². The molecule has 1 fully saturated rings. The number of anilines is 1. The van der Waals surface area contributed by atoms with E-state index in [0.717, 1.165) is 5.56 Å². The van der Waals surface area contributed by atoms with E-state index in [1.54, 1.807) is 36.4 Å². The molecule has 0 aliphatic carbocycles. The van der Waals surface area contributed by atoms with Crippen molar-refractivity contribution in [2.45, 2.75) is 20.0 Å². The highest BCUT2D eigenvalue weighted by atomic mass is 16.6. The first kappa shape index (κ1) is 19.6. The molecule has 2 aromatic rings. The second-order valence-electron chi connectivity index (χ2n) is 6.60. The van der Waals surface area contributed by atoms with Gasteiger partial charge in [-0.15, -0.1) is 0 Å². The average molecular weight is 384 g/mol. The number of rotatable bonds is 6. The molecule has 0 N–H and O–H groups in total. The van der Waals surface area contributed by atoms with Crippen molar-refractivity contribution in [1.29, 1.82) is 0 Å². The van der Waals surface area contributed by atoms with E-state index in [1.165, 1.54) is 0 Å². The third kappa shape index (κ3) is 5.18. The number of carbonyl (C=O) groups is 2.